The summed E-state index contributed by atoms with van der Waals surface area (Å²) in [4.78, 5) is 5.02. The van der Waals surface area contributed by atoms with Gasteiger partial charge in [-0.05, 0) is 43.5 Å². The number of hydrogen-bond acceptors (Lipinski definition) is 2. The molecule has 0 radical (unpaired) electrons. The monoisotopic (exact) mass is 409 g/mol. The predicted octanol–water partition coefficient (Wildman–Crippen LogP) is 8.30. The molecule has 5 aromatic rings. The van der Waals surface area contributed by atoms with Crippen LogP contribution in [0.3, 0.4) is 0 Å². The van der Waals surface area contributed by atoms with E-state index in [1.165, 1.54) is 6.42 Å². The second-order valence-electron chi connectivity index (χ2n) is 8.83. The summed E-state index contributed by atoms with van der Waals surface area (Å²) in [6, 6.07) is 20.1. The van der Waals surface area contributed by atoms with Crippen molar-refractivity contribution in [2.75, 3.05) is 0 Å². The molecule has 154 valence electrons. The van der Waals surface area contributed by atoms with E-state index in [4.69, 9.17) is 9.40 Å². The van der Waals surface area contributed by atoms with Crippen LogP contribution in [0.4, 0.5) is 4.39 Å². The molecule has 2 aromatic heterocycles. The Balaban J connectivity index is 1.70. The molecule has 2 nitrogen and oxygen atoms in total. The fourth-order valence-corrected chi connectivity index (χ4v) is 5.25. The number of para-hydroxylation sites is 1. The Morgan fingerprint density at radius 1 is 0.839 bits per heavy atom. The van der Waals surface area contributed by atoms with Crippen molar-refractivity contribution < 1.29 is 8.81 Å². The molecule has 31 heavy (non-hydrogen) atoms. The van der Waals surface area contributed by atoms with Crippen molar-refractivity contribution in [2.45, 2.75) is 44.9 Å². The summed E-state index contributed by atoms with van der Waals surface area (Å²) >= 11 is 0. The Kier molecular flexibility index (Phi) is 4.31. The molecule has 0 bridgehead atoms. The standard InChI is InChI=1S/C28H24FNO/c1-17-15-22-19-11-7-8-14-24(19)31-28(22)23(16-17)27-21-13-6-5-12-20(21)25(29)26(30-27)18-9-3-2-4-10-18/h5-8,11-16,18H,2-4,9-10H2,1H3. The average Bonchev–Trinajstić information content (AvgIpc) is 3.18. The molecule has 0 amide bonds. The van der Waals surface area contributed by atoms with Crippen LogP contribution in [0.2, 0.25) is 0 Å². The van der Waals surface area contributed by atoms with Crippen LogP contribution in [-0.4, -0.2) is 4.98 Å². The molecular formula is C28H24FNO. The van der Waals surface area contributed by atoms with E-state index in [1.807, 2.05) is 42.5 Å². The Labute approximate surface area is 180 Å². The molecule has 1 saturated carbocycles. The third-order valence-electron chi connectivity index (χ3n) is 6.75. The summed E-state index contributed by atoms with van der Waals surface area (Å²) in [5, 5.41) is 3.67. The van der Waals surface area contributed by atoms with Crippen LogP contribution in [0.1, 0.15) is 49.3 Å². The number of nitrogens with zero attached hydrogens (tertiary/aromatic N) is 1. The van der Waals surface area contributed by atoms with Crippen LogP contribution >= 0.6 is 0 Å². The Morgan fingerprint density at radius 3 is 2.35 bits per heavy atom. The van der Waals surface area contributed by atoms with Crippen molar-refractivity contribution in [1.82, 2.24) is 4.98 Å². The highest BCUT2D eigenvalue weighted by Crippen LogP contribution is 2.41. The van der Waals surface area contributed by atoms with Crippen LogP contribution in [0.5, 0.6) is 0 Å². The highest BCUT2D eigenvalue weighted by Gasteiger charge is 2.25. The number of halogens is 1. The number of aromatic nitrogens is 1. The summed E-state index contributed by atoms with van der Waals surface area (Å²) in [5.74, 6) is 0.0350. The maximum atomic E-state index is 15.6. The zero-order valence-electron chi connectivity index (χ0n) is 17.6. The van der Waals surface area contributed by atoms with Gasteiger partial charge in [0.25, 0.3) is 0 Å². The lowest BCUT2D eigenvalue weighted by atomic mass is 9.85. The quantitative estimate of drug-likeness (QED) is 0.293. The van der Waals surface area contributed by atoms with E-state index >= 15 is 4.39 Å². The third-order valence-corrected chi connectivity index (χ3v) is 6.75. The molecule has 0 unspecified atom stereocenters. The molecule has 3 aromatic carbocycles. The molecule has 1 fully saturated rings. The number of fused-ring (bicyclic) bond motifs is 4. The molecule has 2 heterocycles. The summed E-state index contributed by atoms with van der Waals surface area (Å²) in [6.45, 7) is 2.10. The molecular weight excluding hydrogens is 385 g/mol. The Bertz CT molecular complexity index is 1440. The van der Waals surface area contributed by atoms with Gasteiger partial charge < -0.3 is 4.42 Å². The molecule has 0 saturated heterocycles. The van der Waals surface area contributed by atoms with Crippen LogP contribution in [0.25, 0.3) is 44.0 Å². The molecule has 1 aliphatic rings. The highest BCUT2D eigenvalue weighted by molar-refractivity contribution is 6.11. The first-order valence-electron chi connectivity index (χ1n) is 11.2. The number of hydrogen-bond donors (Lipinski definition) is 0. The maximum absolute atomic E-state index is 15.6. The average molecular weight is 410 g/mol. The zero-order valence-corrected chi connectivity index (χ0v) is 17.6. The van der Waals surface area contributed by atoms with Crippen molar-refractivity contribution in [2.24, 2.45) is 0 Å². The van der Waals surface area contributed by atoms with Crippen molar-refractivity contribution in [1.29, 1.82) is 0 Å². The second-order valence-corrected chi connectivity index (χ2v) is 8.83. The van der Waals surface area contributed by atoms with E-state index < -0.39 is 0 Å². The maximum Gasteiger partial charge on any atom is 0.152 e. The number of rotatable bonds is 2. The van der Waals surface area contributed by atoms with E-state index in [1.54, 1.807) is 0 Å². The van der Waals surface area contributed by atoms with Gasteiger partial charge in [0.05, 0.1) is 11.4 Å². The van der Waals surface area contributed by atoms with Crippen molar-refractivity contribution in [3.63, 3.8) is 0 Å². The minimum Gasteiger partial charge on any atom is -0.455 e. The van der Waals surface area contributed by atoms with Gasteiger partial charge in [-0.2, -0.15) is 0 Å². The minimum absolute atomic E-state index is 0.153. The fraction of sp³-hybridized carbons (Fsp3) is 0.250. The molecule has 3 heteroatoms. The SMILES string of the molecule is Cc1cc(-c2nc(C3CCCCC3)c(F)c3ccccc23)c2oc3ccccc3c2c1. The van der Waals surface area contributed by atoms with E-state index in [-0.39, 0.29) is 11.7 Å². The van der Waals surface area contributed by atoms with Gasteiger partial charge in [-0.1, -0.05) is 61.7 Å². The first-order chi connectivity index (χ1) is 15.2. The minimum atomic E-state index is -0.153. The van der Waals surface area contributed by atoms with Gasteiger partial charge in [-0.25, -0.2) is 9.37 Å². The number of aryl methyl sites for hydroxylation is 1. The van der Waals surface area contributed by atoms with E-state index in [2.05, 4.69) is 25.1 Å². The Morgan fingerprint density at radius 2 is 1.55 bits per heavy atom. The molecule has 0 N–H and O–H groups in total. The number of benzene rings is 3. The number of furan rings is 1. The van der Waals surface area contributed by atoms with Gasteiger partial charge in [-0.15, -0.1) is 0 Å². The topological polar surface area (TPSA) is 26.0 Å². The normalized spacial score (nSPS) is 15.3. The van der Waals surface area contributed by atoms with Crippen LogP contribution in [-0.2, 0) is 0 Å². The first-order valence-corrected chi connectivity index (χ1v) is 11.2. The van der Waals surface area contributed by atoms with Crippen LogP contribution < -0.4 is 0 Å². The van der Waals surface area contributed by atoms with Gasteiger partial charge in [0.1, 0.15) is 11.2 Å². The molecule has 0 aliphatic heterocycles. The smallest absolute Gasteiger partial charge is 0.152 e. The second kappa shape index (κ2) is 7.19. The molecule has 0 spiro atoms. The van der Waals surface area contributed by atoms with Crippen molar-refractivity contribution >= 4 is 32.7 Å². The summed E-state index contributed by atoms with van der Waals surface area (Å²) in [6.07, 6.45) is 5.54. The van der Waals surface area contributed by atoms with Gasteiger partial charge in [0.15, 0.2) is 5.82 Å². The lowest BCUT2D eigenvalue weighted by Crippen LogP contribution is -2.10. The lowest BCUT2D eigenvalue weighted by Gasteiger charge is -2.23. The molecule has 0 atom stereocenters. The summed E-state index contributed by atoms with van der Waals surface area (Å²) in [5.41, 5.74) is 5.22. The van der Waals surface area contributed by atoms with Crippen molar-refractivity contribution in [3.8, 4) is 11.3 Å². The van der Waals surface area contributed by atoms with E-state index in [0.717, 1.165) is 69.8 Å². The van der Waals surface area contributed by atoms with Gasteiger partial charge >= 0.3 is 0 Å². The van der Waals surface area contributed by atoms with Crippen molar-refractivity contribution in [3.05, 3.63) is 77.7 Å². The van der Waals surface area contributed by atoms with Gasteiger partial charge in [0, 0.05) is 33.0 Å². The first kappa shape index (κ1) is 18.6. The zero-order chi connectivity index (χ0) is 20.9. The highest BCUT2D eigenvalue weighted by atomic mass is 19.1. The third kappa shape index (κ3) is 2.95. The summed E-state index contributed by atoms with van der Waals surface area (Å²) < 4.78 is 21.9. The lowest BCUT2D eigenvalue weighted by molar-refractivity contribution is 0.423. The fourth-order valence-electron chi connectivity index (χ4n) is 5.25. The van der Waals surface area contributed by atoms with Gasteiger partial charge in [0.2, 0.25) is 0 Å². The van der Waals surface area contributed by atoms with Gasteiger partial charge in [-0.3, -0.25) is 0 Å². The largest absolute Gasteiger partial charge is 0.455 e. The molecule has 6 rings (SSSR count). The van der Waals surface area contributed by atoms with Crippen LogP contribution in [0.15, 0.2) is 65.1 Å². The number of pyridine rings is 1. The molecule has 1 aliphatic carbocycles. The van der Waals surface area contributed by atoms with Crippen LogP contribution in [0, 0.1) is 12.7 Å². The summed E-state index contributed by atoms with van der Waals surface area (Å²) in [7, 11) is 0. The van der Waals surface area contributed by atoms with E-state index in [0.29, 0.717) is 11.1 Å². The predicted molar refractivity (Wildman–Crippen MR) is 125 cm³/mol. The van der Waals surface area contributed by atoms with E-state index in [9.17, 15) is 0 Å². The Hall–Kier alpha value is -3.20.